The fourth-order valence-electron chi connectivity index (χ4n) is 1.99. The van der Waals surface area contributed by atoms with Crippen LogP contribution in [0.2, 0.25) is 0 Å². The second-order valence-corrected chi connectivity index (χ2v) is 5.53. The van der Waals surface area contributed by atoms with Gasteiger partial charge < -0.3 is 4.74 Å². The Morgan fingerprint density at radius 3 is 2.08 bits per heavy atom. The first kappa shape index (κ1) is 10.7. The van der Waals surface area contributed by atoms with Crippen LogP contribution in [0.15, 0.2) is 12.5 Å². The van der Waals surface area contributed by atoms with Crippen LogP contribution < -0.4 is 0 Å². The van der Waals surface area contributed by atoms with Gasteiger partial charge in [0.05, 0.1) is 5.54 Å². The minimum Gasteiger partial charge on any atom is -0.472 e. The number of ether oxygens (including phenoxy) is 1. The lowest BCUT2D eigenvalue weighted by molar-refractivity contribution is 0.0271. The van der Waals surface area contributed by atoms with E-state index in [1.165, 1.54) is 0 Å². The summed E-state index contributed by atoms with van der Waals surface area (Å²) in [5.41, 5.74) is -0.132. The molecule has 0 aliphatic carbocycles. The van der Waals surface area contributed by atoms with Crippen molar-refractivity contribution in [2.45, 2.75) is 46.3 Å². The molecule has 2 nitrogen and oxygen atoms in total. The predicted molar refractivity (Wildman–Crippen MR) is 55.2 cm³/mol. The SMILES string of the molecule is C=C1OC(C(C)(C)C)C(C)(C)N1Cl. The summed E-state index contributed by atoms with van der Waals surface area (Å²) in [6.45, 7) is 14.3. The van der Waals surface area contributed by atoms with E-state index in [1.807, 2.05) is 0 Å². The zero-order valence-corrected chi connectivity index (χ0v) is 9.77. The van der Waals surface area contributed by atoms with Crippen molar-refractivity contribution in [3.8, 4) is 0 Å². The maximum absolute atomic E-state index is 6.06. The van der Waals surface area contributed by atoms with Crippen molar-refractivity contribution < 1.29 is 4.74 Å². The van der Waals surface area contributed by atoms with E-state index in [9.17, 15) is 0 Å². The van der Waals surface area contributed by atoms with E-state index in [0.717, 1.165) is 0 Å². The molecule has 1 fully saturated rings. The molecule has 0 radical (unpaired) electrons. The largest absolute Gasteiger partial charge is 0.472 e. The molecular formula is C10H18ClNO. The molecule has 3 heteroatoms. The van der Waals surface area contributed by atoms with Crippen LogP contribution in [0.5, 0.6) is 0 Å². The van der Waals surface area contributed by atoms with Crippen LogP contribution in [0.1, 0.15) is 34.6 Å². The molecule has 0 aromatic carbocycles. The van der Waals surface area contributed by atoms with Gasteiger partial charge in [-0.1, -0.05) is 20.8 Å². The van der Waals surface area contributed by atoms with E-state index >= 15 is 0 Å². The van der Waals surface area contributed by atoms with Crippen molar-refractivity contribution in [2.24, 2.45) is 5.41 Å². The summed E-state index contributed by atoms with van der Waals surface area (Å²) in [6.07, 6.45) is 0.0741. The molecule has 0 N–H and O–H groups in total. The monoisotopic (exact) mass is 203 g/mol. The van der Waals surface area contributed by atoms with E-state index in [2.05, 4.69) is 41.2 Å². The Labute approximate surface area is 85.6 Å². The Bertz CT molecular complexity index is 230. The summed E-state index contributed by atoms with van der Waals surface area (Å²) >= 11 is 6.06. The second kappa shape index (κ2) is 2.81. The third kappa shape index (κ3) is 1.64. The van der Waals surface area contributed by atoms with Crippen LogP contribution in [0.25, 0.3) is 0 Å². The second-order valence-electron chi connectivity index (χ2n) is 5.19. The molecule has 1 unspecified atom stereocenters. The van der Waals surface area contributed by atoms with Crippen molar-refractivity contribution in [3.05, 3.63) is 12.5 Å². The Kier molecular flexibility index (Phi) is 2.31. The third-order valence-electron chi connectivity index (χ3n) is 2.41. The maximum atomic E-state index is 6.06. The Morgan fingerprint density at radius 1 is 1.46 bits per heavy atom. The van der Waals surface area contributed by atoms with Gasteiger partial charge in [-0.15, -0.1) is 0 Å². The minimum atomic E-state index is -0.198. The first-order valence-electron chi connectivity index (χ1n) is 4.49. The first-order valence-corrected chi connectivity index (χ1v) is 4.83. The van der Waals surface area contributed by atoms with E-state index in [1.54, 1.807) is 4.42 Å². The van der Waals surface area contributed by atoms with Gasteiger partial charge in [-0.05, 0) is 20.4 Å². The molecule has 1 atom stereocenters. The first-order chi connectivity index (χ1) is 5.67. The number of hydrogen-bond acceptors (Lipinski definition) is 2. The Hall–Kier alpha value is -0.370. The Morgan fingerprint density at radius 2 is 1.92 bits per heavy atom. The minimum absolute atomic E-state index is 0.0656. The lowest BCUT2D eigenvalue weighted by Gasteiger charge is -2.36. The molecule has 1 rings (SSSR count). The highest BCUT2D eigenvalue weighted by Gasteiger charge is 2.50. The van der Waals surface area contributed by atoms with Gasteiger partial charge in [-0.3, -0.25) is 0 Å². The number of halogens is 1. The summed E-state index contributed by atoms with van der Waals surface area (Å²) in [7, 11) is 0. The molecule has 1 aliphatic heterocycles. The van der Waals surface area contributed by atoms with Crippen LogP contribution in [0.4, 0.5) is 0 Å². The lowest BCUT2D eigenvalue weighted by atomic mass is 9.79. The van der Waals surface area contributed by atoms with Crippen molar-refractivity contribution in [2.75, 3.05) is 0 Å². The highest BCUT2D eigenvalue weighted by Crippen LogP contribution is 2.43. The van der Waals surface area contributed by atoms with Gasteiger partial charge in [0, 0.05) is 17.2 Å². The zero-order chi connectivity index (χ0) is 10.4. The highest BCUT2D eigenvalue weighted by atomic mass is 35.5. The van der Waals surface area contributed by atoms with Crippen LogP contribution in [0.3, 0.4) is 0 Å². The molecule has 13 heavy (non-hydrogen) atoms. The van der Waals surface area contributed by atoms with Gasteiger partial charge in [0.25, 0.3) is 0 Å². The fourth-order valence-corrected chi connectivity index (χ4v) is 2.12. The molecule has 0 aromatic rings. The Balaban J connectivity index is 2.98. The molecule has 0 bridgehead atoms. The average Bonchev–Trinajstić information content (AvgIpc) is 2.12. The highest BCUT2D eigenvalue weighted by molar-refractivity contribution is 6.15. The topological polar surface area (TPSA) is 12.5 Å². The summed E-state index contributed by atoms with van der Waals surface area (Å²) in [4.78, 5) is 0. The smallest absolute Gasteiger partial charge is 0.197 e. The van der Waals surface area contributed by atoms with Crippen LogP contribution >= 0.6 is 11.8 Å². The standard InChI is InChI=1S/C10H18ClNO/c1-7-12(11)10(5,6)8(13-7)9(2,3)4/h8H,1H2,2-6H3. The average molecular weight is 204 g/mol. The van der Waals surface area contributed by atoms with Gasteiger partial charge in [0.1, 0.15) is 6.10 Å². The van der Waals surface area contributed by atoms with E-state index in [-0.39, 0.29) is 17.1 Å². The molecule has 0 amide bonds. The van der Waals surface area contributed by atoms with Gasteiger partial charge in [-0.25, -0.2) is 4.42 Å². The van der Waals surface area contributed by atoms with Gasteiger partial charge >= 0.3 is 0 Å². The number of rotatable bonds is 0. The molecule has 1 aliphatic rings. The van der Waals surface area contributed by atoms with Crippen molar-refractivity contribution in [3.63, 3.8) is 0 Å². The molecule has 0 saturated carbocycles. The van der Waals surface area contributed by atoms with Crippen molar-refractivity contribution in [1.82, 2.24) is 4.42 Å². The quantitative estimate of drug-likeness (QED) is 0.561. The summed E-state index contributed by atoms with van der Waals surface area (Å²) in [5, 5.41) is 0. The summed E-state index contributed by atoms with van der Waals surface area (Å²) in [6, 6.07) is 0. The van der Waals surface area contributed by atoms with Gasteiger partial charge in [-0.2, -0.15) is 0 Å². The summed E-state index contributed by atoms with van der Waals surface area (Å²) < 4.78 is 7.24. The van der Waals surface area contributed by atoms with E-state index in [0.29, 0.717) is 5.88 Å². The normalized spacial score (nSPS) is 27.7. The molecule has 76 valence electrons. The molecule has 1 heterocycles. The fraction of sp³-hybridized carbons (Fsp3) is 0.800. The predicted octanol–water partition coefficient (Wildman–Crippen LogP) is 3.14. The maximum Gasteiger partial charge on any atom is 0.197 e. The summed E-state index contributed by atoms with van der Waals surface area (Å²) in [5.74, 6) is 0.548. The van der Waals surface area contributed by atoms with Crippen LogP contribution in [-0.2, 0) is 4.74 Å². The van der Waals surface area contributed by atoms with Crippen molar-refractivity contribution >= 4 is 11.8 Å². The van der Waals surface area contributed by atoms with E-state index < -0.39 is 0 Å². The van der Waals surface area contributed by atoms with Crippen LogP contribution in [0, 0.1) is 5.41 Å². The number of hydrogen-bond donors (Lipinski definition) is 0. The van der Waals surface area contributed by atoms with Crippen LogP contribution in [-0.4, -0.2) is 16.1 Å². The molecular weight excluding hydrogens is 186 g/mol. The van der Waals surface area contributed by atoms with Gasteiger partial charge in [0.15, 0.2) is 5.88 Å². The third-order valence-corrected chi connectivity index (χ3v) is 3.03. The number of nitrogens with zero attached hydrogens (tertiary/aromatic N) is 1. The van der Waals surface area contributed by atoms with Crippen molar-refractivity contribution in [1.29, 1.82) is 0 Å². The molecule has 0 spiro atoms. The van der Waals surface area contributed by atoms with Gasteiger partial charge in [0.2, 0.25) is 0 Å². The molecule has 0 aromatic heterocycles. The lowest BCUT2D eigenvalue weighted by Crippen LogP contribution is -2.46. The van der Waals surface area contributed by atoms with E-state index in [4.69, 9.17) is 16.5 Å². The zero-order valence-electron chi connectivity index (χ0n) is 9.02. The molecule has 1 saturated heterocycles.